The molecule has 1 atom stereocenters. The Morgan fingerprint density at radius 1 is 1.30 bits per heavy atom. The van der Waals surface area contributed by atoms with Crippen molar-refractivity contribution in [2.24, 2.45) is 0 Å². The summed E-state index contributed by atoms with van der Waals surface area (Å²) < 4.78 is 34.1. The number of thiophene rings is 1. The van der Waals surface area contributed by atoms with Gasteiger partial charge in [-0.2, -0.15) is 8.78 Å². The van der Waals surface area contributed by atoms with Crippen molar-refractivity contribution >= 4 is 23.3 Å². The Morgan fingerprint density at radius 2 is 2.07 bits per heavy atom. The number of benzene rings is 1. The van der Waals surface area contributed by atoms with Crippen LogP contribution in [0.25, 0.3) is 6.08 Å². The molecule has 0 radical (unpaired) electrons. The highest BCUT2D eigenvalue weighted by Crippen LogP contribution is 2.29. The van der Waals surface area contributed by atoms with Crippen LogP contribution < -0.4 is 14.8 Å². The standard InChI is InChI=1S/C19H22F2N2O3S/c1-23(2)14(17-5-4-10-27-17)12-22-18(24)9-7-13-6-8-15(26-19(20)21)16(11-13)25-3/h4-11,14,19H,12H2,1-3H3,(H,22,24)/b9-7+. The number of carbonyl (C=O) groups excluding carboxylic acids is 1. The van der Waals surface area contributed by atoms with Gasteiger partial charge in [-0.15, -0.1) is 11.3 Å². The predicted molar refractivity (Wildman–Crippen MR) is 102 cm³/mol. The van der Waals surface area contributed by atoms with Crippen LogP contribution in [0.1, 0.15) is 16.5 Å². The van der Waals surface area contributed by atoms with Gasteiger partial charge in [-0.25, -0.2) is 0 Å². The molecule has 0 aliphatic carbocycles. The maximum absolute atomic E-state index is 12.4. The number of carbonyl (C=O) groups is 1. The molecule has 0 bridgehead atoms. The van der Waals surface area contributed by atoms with Gasteiger partial charge in [0.15, 0.2) is 11.5 Å². The first-order valence-corrected chi connectivity index (χ1v) is 9.07. The SMILES string of the molecule is COc1cc(/C=C/C(=O)NCC(c2cccs2)N(C)C)ccc1OC(F)F. The molecule has 1 heterocycles. The van der Waals surface area contributed by atoms with Gasteiger partial charge in [0.25, 0.3) is 0 Å². The van der Waals surface area contributed by atoms with Crippen LogP contribution in [0.15, 0.2) is 41.8 Å². The zero-order valence-electron chi connectivity index (χ0n) is 15.3. The highest BCUT2D eigenvalue weighted by atomic mass is 32.1. The molecule has 1 N–H and O–H groups in total. The van der Waals surface area contributed by atoms with E-state index in [-0.39, 0.29) is 23.4 Å². The molecule has 0 spiro atoms. The second-order valence-electron chi connectivity index (χ2n) is 5.86. The molecule has 27 heavy (non-hydrogen) atoms. The molecular formula is C19H22F2N2O3S. The van der Waals surface area contributed by atoms with Crippen LogP contribution in [-0.2, 0) is 4.79 Å². The zero-order chi connectivity index (χ0) is 19.8. The van der Waals surface area contributed by atoms with Crippen molar-refractivity contribution in [1.29, 1.82) is 0 Å². The largest absolute Gasteiger partial charge is 0.493 e. The van der Waals surface area contributed by atoms with Gasteiger partial charge in [-0.05, 0) is 49.3 Å². The summed E-state index contributed by atoms with van der Waals surface area (Å²) in [6, 6.07) is 8.57. The summed E-state index contributed by atoms with van der Waals surface area (Å²) in [6.45, 7) is -2.46. The number of ether oxygens (including phenoxy) is 2. The van der Waals surface area contributed by atoms with E-state index in [9.17, 15) is 13.6 Å². The first-order valence-electron chi connectivity index (χ1n) is 8.19. The molecule has 1 aromatic carbocycles. The highest BCUT2D eigenvalue weighted by molar-refractivity contribution is 7.10. The van der Waals surface area contributed by atoms with Gasteiger partial charge in [0.05, 0.1) is 13.2 Å². The topological polar surface area (TPSA) is 50.8 Å². The van der Waals surface area contributed by atoms with E-state index < -0.39 is 6.61 Å². The van der Waals surface area contributed by atoms with E-state index in [0.29, 0.717) is 12.1 Å². The average Bonchev–Trinajstić information content (AvgIpc) is 3.14. The third-order valence-corrected chi connectivity index (χ3v) is 4.77. The quantitative estimate of drug-likeness (QED) is 0.656. The van der Waals surface area contributed by atoms with E-state index in [1.165, 1.54) is 30.2 Å². The zero-order valence-corrected chi connectivity index (χ0v) is 16.1. The Morgan fingerprint density at radius 3 is 2.67 bits per heavy atom. The summed E-state index contributed by atoms with van der Waals surface area (Å²) in [6.07, 6.45) is 2.98. The van der Waals surface area contributed by atoms with E-state index in [4.69, 9.17) is 4.74 Å². The first-order chi connectivity index (χ1) is 12.9. The number of alkyl halides is 2. The van der Waals surface area contributed by atoms with Crippen molar-refractivity contribution in [1.82, 2.24) is 10.2 Å². The Bertz CT molecular complexity index is 764. The fourth-order valence-corrected chi connectivity index (χ4v) is 3.35. The van der Waals surface area contributed by atoms with Crippen molar-refractivity contribution in [3.63, 3.8) is 0 Å². The lowest BCUT2D eigenvalue weighted by atomic mass is 10.2. The van der Waals surface area contributed by atoms with Crippen molar-refractivity contribution in [2.75, 3.05) is 27.7 Å². The van der Waals surface area contributed by atoms with E-state index in [2.05, 4.69) is 10.1 Å². The van der Waals surface area contributed by atoms with Gasteiger partial charge < -0.3 is 19.7 Å². The molecule has 0 saturated carbocycles. The molecule has 146 valence electrons. The van der Waals surface area contributed by atoms with Crippen molar-refractivity contribution < 1.29 is 23.0 Å². The molecule has 1 unspecified atom stereocenters. The van der Waals surface area contributed by atoms with E-state index >= 15 is 0 Å². The lowest BCUT2D eigenvalue weighted by Gasteiger charge is -2.23. The fourth-order valence-electron chi connectivity index (χ4n) is 2.43. The molecule has 0 aliphatic rings. The monoisotopic (exact) mass is 396 g/mol. The van der Waals surface area contributed by atoms with Crippen molar-refractivity contribution in [3.05, 3.63) is 52.2 Å². The van der Waals surface area contributed by atoms with Crippen LogP contribution in [0.5, 0.6) is 11.5 Å². The minimum Gasteiger partial charge on any atom is -0.493 e. The summed E-state index contributed by atoms with van der Waals surface area (Å²) in [7, 11) is 5.28. The second-order valence-corrected chi connectivity index (χ2v) is 6.84. The van der Waals surface area contributed by atoms with Crippen molar-refractivity contribution in [3.8, 4) is 11.5 Å². The lowest BCUT2D eigenvalue weighted by Crippen LogP contribution is -2.33. The summed E-state index contributed by atoms with van der Waals surface area (Å²) in [5, 5.41) is 4.88. The minimum absolute atomic E-state index is 0.0566. The first kappa shape index (κ1) is 20.9. The maximum Gasteiger partial charge on any atom is 0.387 e. The molecule has 0 aliphatic heterocycles. The molecule has 2 rings (SSSR count). The van der Waals surface area contributed by atoms with Crippen LogP contribution >= 0.6 is 11.3 Å². The normalized spacial score (nSPS) is 12.6. The molecule has 8 heteroatoms. The number of halogens is 2. The number of methoxy groups -OCH3 is 1. The highest BCUT2D eigenvalue weighted by Gasteiger charge is 2.15. The van der Waals surface area contributed by atoms with Crippen LogP contribution in [0.3, 0.4) is 0 Å². The summed E-state index contributed by atoms with van der Waals surface area (Å²) in [5.41, 5.74) is 0.631. The number of nitrogens with zero attached hydrogens (tertiary/aromatic N) is 1. The third kappa shape index (κ3) is 6.33. The van der Waals surface area contributed by atoms with Gasteiger partial charge >= 0.3 is 6.61 Å². The Labute approximate surface area is 161 Å². The molecule has 5 nitrogen and oxygen atoms in total. The maximum atomic E-state index is 12.4. The molecular weight excluding hydrogens is 374 g/mol. The number of nitrogens with one attached hydrogen (secondary N) is 1. The summed E-state index contributed by atoms with van der Waals surface area (Å²) >= 11 is 1.64. The molecule has 1 aromatic heterocycles. The molecule has 1 amide bonds. The van der Waals surface area contributed by atoms with Crippen LogP contribution in [-0.4, -0.2) is 45.2 Å². The van der Waals surface area contributed by atoms with Crippen LogP contribution in [0.2, 0.25) is 0 Å². The Hall–Kier alpha value is -2.45. The fraction of sp³-hybridized carbons (Fsp3) is 0.316. The number of hydrogen-bond acceptors (Lipinski definition) is 5. The van der Waals surface area contributed by atoms with E-state index in [1.807, 2.05) is 36.5 Å². The average molecular weight is 396 g/mol. The van der Waals surface area contributed by atoms with Gasteiger partial charge in [-0.3, -0.25) is 4.79 Å². The van der Waals surface area contributed by atoms with Gasteiger partial charge in [0.2, 0.25) is 5.91 Å². The molecule has 2 aromatic rings. The lowest BCUT2D eigenvalue weighted by molar-refractivity contribution is -0.116. The van der Waals surface area contributed by atoms with Crippen LogP contribution in [0, 0.1) is 0 Å². The van der Waals surface area contributed by atoms with Crippen molar-refractivity contribution in [2.45, 2.75) is 12.7 Å². The third-order valence-electron chi connectivity index (χ3n) is 3.80. The smallest absolute Gasteiger partial charge is 0.387 e. The Balaban J connectivity index is 1.97. The summed E-state index contributed by atoms with van der Waals surface area (Å²) in [5.74, 6) is -0.132. The van der Waals surface area contributed by atoms with Gasteiger partial charge in [0.1, 0.15) is 0 Å². The predicted octanol–water partition coefficient (Wildman–Crippen LogP) is 3.79. The summed E-state index contributed by atoms with van der Waals surface area (Å²) in [4.78, 5) is 15.3. The molecule has 0 fully saturated rings. The minimum atomic E-state index is -2.93. The van der Waals surface area contributed by atoms with E-state index in [1.54, 1.807) is 23.5 Å². The van der Waals surface area contributed by atoms with Gasteiger partial charge in [-0.1, -0.05) is 12.1 Å². The number of rotatable bonds is 9. The molecule has 0 saturated heterocycles. The van der Waals surface area contributed by atoms with E-state index in [0.717, 1.165) is 0 Å². The number of amides is 1. The number of hydrogen-bond donors (Lipinski definition) is 1. The Kier molecular flexibility index (Phi) is 7.75. The number of likely N-dealkylation sites (N-methyl/N-ethyl adjacent to an activating group) is 1. The second kappa shape index (κ2) is 10.0. The van der Waals surface area contributed by atoms with Crippen LogP contribution in [0.4, 0.5) is 8.78 Å². The van der Waals surface area contributed by atoms with Gasteiger partial charge in [0, 0.05) is 17.5 Å².